The van der Waals surface area contributed by atoms with Crippen molar-refractivity contribution in [3.8, 4) is 22.8 Å². The number of nitrogens with zero attached hydrogens (tertiary/aromatic N) is 3. The summed E-state index contributed by atoms with van der Waals surface area (Å²) in [7, 11) is 4.56. The SMILES string of the molecule is COc1ccc(-c2c3c(=O)n(C)c(=O)n(C)c3cn2NC(=O)COc2ccccc2)cc1. The number of carbonyl (C=O) groups is 1. The Hall–Kier alpha value is -4.27. The van der Waals surface area contributed by atoms with Crippen LogP contribution in [-0.4, -0.2) is 33.4 Å². The van der Waals surface area contributed by atoms with E-state index in [0.29, 0.717) is 33.7 Å². The highest BCUT2D eigenvalue weighted by molar-refractivity contribution is 5.96. The van der Waals surface area contributed by atoms with Crippen LogP contribution in [0.2, 0.25) is 0 Å². The fraction of sp³-hybridized carbons (Fsp3) is 0.174. The molecule has 2 aromatic heterocycles. The molecule has 0 atom stereocenters. The second-order valence-electron chi connectivity index (χ2n) is 7.18. The Morgan fingerprint density at radius 2 is 1.62 bits per heavy atom. The molecule has 0 aliphatic carbocycles. The minimum absolute atomic E-state index is 0.225. The summed E-state index contributed by atoms with van der Waals surface area (Å²) in [6.45, 7) is -0.225. The molecule has 0 radical (unpaired) electrons. The predicted molar refractivity (Wildman–Crippen MR) is 121 cm³/mol. The number of rotatable bonds is 6. The Labute approximate surface area is 183 Å². The zero-order valence-corrected chi connectivity index (χ0v) is 17.9. The van der Waals surface area contributed by atoms with E-state index >= 15 is 0 Å². The molecule has 2 aromatic carbocycles. The molecule has 0 spiro atoms. The smallest absolute Gasteiger partial charge is 0.330 e. The van der Waals surface area contributed by atoms with E-state index in [1.165, 1.54) is 16.3 Å². The van der Waals surface area contributed by atoms with Gasteiger partial charge in [0.25, 0.3) is 11.5 Å². The van der Waals surface area contributed by atoms with Crippen molar-refractivity contribution >= 4 is 16.8 Å². The van der Waals surface area contributed by atoms with Crippen LogP contribution in [0.1, 0.15) is 0 Å². The van der Waals surface area contributed by atoms with E-state index < -0.39 is 17.2 Å². The highest BCUT2D eigenvalue weighted by Gasteiger charge is 2.20. The first kappa shape index (κ1) is 21.0. The molecule has 2 heterocycles. The number of ether oxygens (including phenoxy) is 2. The van der Waals surface area contributed by atoms with Crippen molar-refractivity contribution in [2.45, 2.75) is 0 Å². The van der Waals surface area contributed by atoms with Crippen molar-refractivity contribution in [2.24, 2.45) is 14.1 Å². The molecule has 4 rings (SSSR count). The summed E-state index contributed by atoms with van der Waals surface area (Å²) in [5.74, 6) is 0.787. The summed E-state index contributed by atoms with van der Waals surface area (Å²) in [5.41, 5.74) is 3.35. The van der Waals surface area contributed by atoms with E-state index in [2.05, 4.69) is 5.43 Å². The Bertz CT molecular complexity index is 1400. The van der Waals surface area contributed by atoms with Crippen molar-refractivity contribution in [1.82, 2.24) is 13.8 Å². The fourth-order valence-electron chi connectivity index (χ4n) is 3.49. The van der Waals surface area contributed by atoms with Gasteiger partial charge in [0, 0.05) is 19.7 Å². The number of nitrogens with one attached hydrogen (secondary N) is 1. The van der Waals surface area contributed by atoms with Crippen molar-refractivity contribution in [3.05, 3.63) is 81.6 Å². The van der Waals surface area contributed by atoms with Crippen molar-refractivity contribution in [1.29, 1.82) is 0 Å². The lowest BCUT2D eigenvalue weighted by Crippen LogP contribution is -2.36. The highest BCUT2D eigenvalue weighted by atomic mass is 16.5. The lowest BCUT2D eigenvalue weighted by atomic mass is 10.1. The van der Waals surface area contributed by atoms with Crippen LogP contribution in [0.4, 0.5) is 0 Å². The van der Waals surface area contributed by atoms with Gasteiger partial charge in [0.1, 0.15) is 11.5 Å². The average molecular weight is 434 g/mol. The number of carbonyl (C=O) groups excluding carboxylic acids is 1. The number of para-hydroxylation sites is 1. The van der Waals surface area contributed by atoms with Gasteiger partial charge in [-0.2, -0.15) is 0 Å². The van der Waals surface area contributed by atoms with Crippen LogP contribution in [0.15, 0.2) is 70.4 Å². The normalized spacial score (nSPS) is 10.8. The van der Waals surface area contributed by atoms with E-state index in [-0.39, 0.29) is 6.61 Å². The standard InChI is InChI=1S/C23H22N4O5/c1-25-18-13-27(24-19(28)14-32-17-7-5-4-6-8-17)21(15-9-11-16(31-3)12-10-15)20(18)22(29)26(2)23(25)30/h4-13H,14H2,1-3H3,(H,24,28). The molecule has 4 aromatic rings. The molecule has 164 valence electrons. The van der Waals surface area contributed by atoms with E-state index in [0.717, 1.165) is 4.57 Å². The average Bonchev–Trinajstić information content (AvgIpc) is 3.20. The summed E-state index contributed by atoms with van der Waals surface area (Å²) in [4.78, 5) is 38.0. The van der Waals surface area contributed by atoms with Gasteiger partial charge in [-0.05, 0) is 36.4 Å². The van der Waals surface area contributed by atoms with E-state index in [9.17, 15) is 14.4 Å². The second-order valence-corrected chi connectivity index (χ2v) is 7.18. The van der Waals surface area contributed by atoms with E-state index in [1.54, 1.807) is 56.8 Å². The van der Waals surface area contributed by atoms with Crippen LogP contribution in [0.5, 0.6) is 11.5 Å². The van der Waals surface area contributed by atoms with Crippen molar-refractivity contribution in [3.63, 3.8) is 0 Å². The topological polar surface area (TPSA) is 96.5 Å². The number of hydrogen-bond donors (Lipinski definition) is 1. The maximum Gasteiger partial charge on any atom is 0.330 e. The number of fused-ring (bicyclic) bond motifs is 1. The zero-order valence-electron chi connectivity index (χ0n) is 17.9. The molecule has 0 saturated carbocycles. The largest absolute Gasteiger partial charge is 0.497 e. The van der Waals surface area contributed by atoms with Gasteiger partial charge in [0.15, 0.2) is 6.61 Å². The Morgan fingerprint density at radius 1 is 0.938 bits per heavy atom. The molecule has 0 aliphatic rings. The molecule has 32 heavy (non-hydrogen) atoms. The second kappa shape index (κ2) is 8.46. The van der Waals surface area contributed by atoms with Crippen LogP contribution in [0, 0.1) is 0 Å². The molecule has 1 amide bonds. The van der Waals surface area contributed by atoms with Gasteiger partial charge in [0.05, 0.1) is 29.9 Å². The number of methoxy groups -OCH3 is 1. The number of benzene rings is 2. The van der Waals surface area contributed by atoms with Crippen LogP contribution in [0.25, 0.3) is 22.2 Å². The summed E-state index contributed by atoms with van der Waals surface area (Å²) >= 11 is 0. The number of aryl methyl sites for hydroxylation is 1. The molecule has 9 nitrogen and oxygen atoms in total. The van der Waals surface area contributed by atoms with Crippen molar-refractivity contribution in [2.75, 3.05) is 19.1 Å². The van der Waals surface area contributed by atoms with Crippen LogP contribution < -0.4 is 26.1 Å². The fourth-order valence-corrected chi connectivity index (χ4v) is 3.49. The molecule has 0 fully saturated rings. The first-order valence-electron chi connectivity index (χ1n) is 9.84. The van der Waals surface area contributed by atoms with Crippen LogP contribution >= 0.6 is 0 Å². The Balaban J connectivity index is 1.79. The van der Waals surface area contributed by atoms with Gasteiger partial charge in [0.2, 0.25) is 0 Å². The molecule has 1 N–H and O–H groups in total. The molecule has 0 aliphatic heterocycles. The third-order valence-electron chi connectivity index (χ3n) is 5.16. The zero-order chi connectivity index (χ0) is 22.8. The number of aromatic nitrogens is 3. The minimum atomic E-state index is -0.459. The lowest BCUT2D eigenvalue weighted by molar-refractivity contribution is -0.119. The minimum Gasteiger partial charge on any atom is -0.497 e. The van der Waals surface area contributed by atoms with Gasteiger partial charge in [-0.15, -0.1) is 0 Å². The molecule has 0 unspecified atom stereocenters. The van der Waals surface area contributed by atoms with E-state index in [1.807, 2.05) is 18.2 Å². The first-order chi connectivity index (χ1) is 15.4. The number of hydrogen-bond acceptors (Lipinski definition) is 5. The third kappa shape index (κ3) is 3.76. The monoisotopic (exact) mass is 434 g/mol. The van der Waals surface area contributed by atoms with Gasteiger partial charge >= 0.3 is 5.69 Å². The molecule has 0 bridgehead atoms. The summed E-state index contributed by atoms with van der Waals surface area (Å²) in [6.07, 6.45) is 1.55. The van der Waals surface area contributed by atoms with Gasteiger partial charge in [-0.25, -0.2) is 4.79 Å². The van der Waals surface area contributed by atoms with Crippen LogP contribution in [-0.2, 0) is 18.9 Å². The summed E-state index contributed by atoms with van der Waals surface area (Å²) < 4.78 is 14.6. The highest BCUT2D eigenvalue weighted by Crippen LogP contribution is 2.28. The third-order valence-corrected chi connectivity index (χ3v) is 5.16. The Kier molecular flexibility index (Phi) is 5.55. The van der Waals surface area contributed by atoms with Gasteiger partial charge in [-0.3, -0.25) is 28.8 Å². The molecular weight excluding hydrogens is 412 g/mol. The summed E-state index contributed by atoms with van der Waals surface area (Å²) in [5, 5.41) is 0.309. The van der Waals surface area contributed by atoms with Gasteiger partial charge in [-0.1, -0.05) is 18.2 Å². The Morgan fingerprint density at radius 3 is 2.28 bits per heavy atom. The first-order valence-corrected chi connectivity index (χ1v) is 9.84. The molecular formula is C23H22N4O5. The van der Waals surface area contributed by atoms with Crippen LogP contribution in [0.3, 0.4) is 0 Å². The maximum absolute atomic E-state index is 13.0. The lowest BCUT2D eigenvalue weighted by Gasteiger charge is -2.12. The van der Waals surface area contributed by atoms with Crippen molar-refractivity contribution < 1.29 is 14.3 Å². The number of amides is 1. The quantitative estimate of drug-likeness (QED) is 0.500. The van der Waals surface area contributed by atoms with E-state index in [4.69, 9.17) is 9.47 Å². The van der Waals surface area contributed by atoms with Gasteiger partial charge < -0.3 is 9.47 Å². The summed E-state index contributed by atoms with van der Waals surface area (Å²) in [6, 6.07) is 16.0. The molecule has 9 heteroatoms. The predicted octanol–water partition coefficient (Wildman–Crippen LogP) is 1.86. The maximum atomic E-state index is 13.0. The molecule has 0 saturated heterocycles.